The molecule has 2 atom stereocenters. The minimum absolute atomic E-state index is 0.0245. The average Bonchev–Trinajstić information content (AvgIpc) is 2.53. The molecule has 0 fully saturated rings. The number of aromatic nitrogens is 1. The number of ether oxygens (including phenoxy) is 1. The number of benzene rings is 1. The standard InChI is InChI=1S/C18H24N2O/c1-2-8-18(21-14-15-9-4-3-5-10-15)17(19)13-16-11-6-7-12-20-16/h3-7,9-12,17-18H,2,8,13-14,19H2,1H3. The second-order valence-electron chi connectivity index (χ2n) is 5.31. The molecule has 0 aliphatic rings. The lowest BCUT2D eigenvalue weighted by atomic mass is 10.0. The Morgan fingerprint density at radius 3 is 2.52 bits per heavy atom. The molecule has 0 bridgehead atoms. The largest absolute Gasteiger partial charge is 0.372 e. The molecule has 2 rings (SSSR count). The molecule has 2 aromatic rings. The minimum Gasteiger partial charge on any atom is -0.372 e. The minimum atomic E-state index is -0.0245. The third kappa shape index (κ3) is 5.29. The smallest absolute Gasteiger partial charge is 0.0734 e. The fourth-order valence-corrected chi connectivity index (χ4v) is 2.37. The van der Waals surface area contributed by atoms with E-state index < -0.39 is 0 Å². The first-order chi connectivity index (χ1) is 10.3. The van der Waals surface area contributed by atoms with E-state index in [1.165, 1.54) is 5.56 Å². The van der Waals surface area contributed by atoms with Gasteiger partial charge in [-0.2, -0.15) is 0 Å². The highest BCUT2D eigenvalue weighted by Crippen LogP contribution is 2.13. The Bertz CT molecular complexity index is 501. The van der Waals surface area contributed by atoms with E-state index >= 15 is 0 Å². The Balaban J connectivity index is 1.91. The van der Waals surface area contributed by atoms with Gasteiger partial charge >= 0.3 is 0 Å². The Morgan fingerprint density at radius 2 is 1.86 bits per heavy atom. The maximum atomic E-state index is 6.34. The molecule has 0 saturated heterocycles. The lowest BCUT2D eigenvalue weighted by Crippen LogP contribution is -2.38. The van der Waals surface area contributed by atoms with Crippen LogP contribution in [0.1, 0.15) is 31.0 Å². The first-order valence-electron chi connectivity index (χ1n) is 7.60. The summed E-state index contributed by atoms with van der Waals surface area (Å²) in [6.07, 6.45) is 4.66. The summed E-state index contributed by atoms with van der Waals surface area (Å²) in [5, 5.41) is 0. The van der Waals surface area contributed by atoms with Crippen molar-refractivity contribution in [3.05, 3.63) is 66.0 Å². The van der Waals surface area contributed by atoms with Crippen molar-refractivity contribution >= 4 is 0 Å². The van der Waals surface area contributed by atoms with Gasteiger partial charge in [0.25, 0.3) is 0 Å². The van der Waals surface area contributed by atoms with Gasteiger partial charge in [-0.3, -0.25) is 4.98 Å². The van der Waals surface area contributed by atoms with Gasteiger partial charge in [-0.05, 0) is 24.1 Å². The summed E-state index contributed by atoms with van der Waals surface area (Å²) in [4.78, 5) is 4.34. The second-order valence-corrected chi connectivity index (χ2v) is 5.31. The summed E-state index contributed by atoms with van der Waals surface area (Å²) in [7, 11) is 0. The molecule has 1 aromatic heterocycles. The summed E-state index contributed by atoms with van der Waals surface area (Å²) in [5.41, 5.74) is 8.54. The van der Waals surface area contributed by atoms with E-state index in [0.717, 1.165) is 25.0 Å². The number of nitrogens with zero attached hydrogens (tertiary/aromatic N) is 1. The van der Waals surface area contributed by atoms with Gasteiger partial charge in [-0.1, -0.05) is 49.7 Å². The lowest BCUT2D eigenvalue weighted by molar-refractivity contribution is 0.0174. The molecule has 0 saturated carbocycles. The van der Waals surface area contributed by atoms with Crippen molar-refractivity contribution in [2.24, 2.45) is 5.73 Å². The zero-order valence-corrected chi connectivity index (χ0v) is 12.6. The third-order valence-electron chi connectivity index (χ3n) is 3.53. The van der Waals surface area contributed by atoms with E-state index in [4.69, 9.17) is 10.5 Å². The van der Waals surface area contributed by atoms with Crippen LogP contribution in [0.25, 0.3) is 0 Å². The topological polar surface area (TPSA) is 48.1 Å². The highest BCUT2D eigenvalue weighted by atomic mass is 16.5. The highest BCUT2D eigenvalue weighted by molar-refractivity contribution is 5.13. The van der Waals surface area contributed by atoms with Crippen LogP contribution < -0.4 is 5.73 Å². The number of hydrogen-bond donors (Lipinski definition) is 1. The second kappa shape index (κ2) is 8.55. The lowest BCUT2D eigenvalue weighted by Gasteiger charge is -2.24. The summed E-state index contributed by atoms with van der Waals surface area (Å²) in [6.45, 7) is 2.77. The van der Waals surface area contributed by atoms with E-state index in [2.05, 4.69) is 24.0 Å². The van der Waals surface area contributed by atoms with E-state index in [1.807, 2.05) is 42.6 Å². The molecule has 112 valence electrons. The molecule has 3 heteroatoms. The van der Waals surface area contributed by atoms with Gasteiger partial charge in [0.1, 0.15) is 0 Å². The molecule has 21 heavy (non-hydrogen) atoms. The molecule has 2 N–H and O–H groups in total. The number of rotatable bonds is 8. The van der Waals surface area contributed by atoms with E-state index in [9.17, 15) is 0 Å². The van der Waals surface area contributed by atoms with Crippen LogP contribution in [0.4, 0.5) is 0 Å². The van der Waals surface area contributed by atoms with E-state index in [0.29, 0.717) is 6.61 Å². The van der Waals surface area contributed by atoms with Crippen LogP contribution in [0.5, 0.6) is 0 Å². The number of nitrogens with two attached hydrogens (primary N) is 1. The van der Waals surface area contributed by atoms with Crippen LogP contribution >= 0.6 is 0 Å². The normalized spacial score (nSPS) is 13.8. The SMILES string of the molecule is CCCC(OCc1ccccc1)C(N)Cc1ccccn1. The van der Waals surface area contributed by atoms with E-state index in [-0.39, 0.29) is 12.1 Å². The predicted molar refractivity (Wildman–Crippen MR) is 85.8 cm³/mol. The summed E-state index contributed by atoms with van der Waals surface area (Å²) < 4.78 is 6.05. The Hall–Kier alpha value is -1.71. The van der Waals surface area contributed by atoms with Gasteiger partial charge in [-0.15, -0.1) is 0 Å². The van der Waals surface area contributed by atoms with Gasteiger partial charge in [0.05, 0.1) is 12.7 Å². The maximum Gasteiger partial charge on any atom is 0.0734 e. The molecule has 0 spiro atoms. The van der Waals surface area contributed by atoms with Crippen molar-refractivity contribution in [3.63, 3.8) is 0 Å². The Morgan fingerprint density at radius 1 is 1.10 bits per heavy atom. The molecule has 0 radical (unpaired) electrons. The summed E-state index contributed by atoms with van der Waals surface area (Å²) >= 11 is 0. The van der Waals surface area contributed by atoms with Gasteiger partial charge < -0.3 is 10.5 Å². The molecule has 2 unspecified atom stereocenters. The predicted octanol–water partition coefficient (Wildman–Crippen LogP) is 3.34. The van der Waals surface area contributed by atoms with Crippen molar-refractivity contribution < 1.29 is 4.74 Å². The molecule has 3 nitrogen and oxygen atoms in total. The van der Waals surface area contributed by atoms with Gasteiger partial charge in [0, 0.05) is 24.4 Å². The van der Waals surface area contributed by atoms with Crippen molar-refractivity contribution in [1.29, 1.82) is 0 Å². The Labute approximate surface area is 127 Å². The zero-order chi connectivity index (χ0) is 14.9. The van der Waals surface area contributed by atoms with Gasteiger partial charge in [0.2, 0.25) is 0 Å². The third-order valence-corrected chi connectivity index (χ3v) is 3.53. The van der Waals surface area contributed by atoms with Crippen molar-refractivity contribution in [1.82, 2.24) is 4.98 Å². The summed E-state index contributed by atoms with van der Waals surface area (Å²) in [5.74, 6) is 0. The monoisotopic (exact) mass is 284 g/mol. The molecule has 0 aliphatic carbocycles. The molecule has 0 aliphatic heterocycles. The van der Waals surface area contributed by atoms with Crippen LogP contribution in [0.15, 0.2) is 54.7 Å². The molecular weight excluding hydrogens is 260 g/mol. The highest BCUT2D eigenvalue weighted by Gasteiger charge is 2.18. The van der Waals surface area contributed by atoms with Crippen LogP contribution in [0, 0.1) is 0 Å². The zero-order valence-electron chi connectivity index (χ0n) is 12.6. The molecular formula is C18H24N2O. The average molecular weight is 284 g/mol. The van der Waals surface area contributed by atoms with E-state index in [1.54, 1.807) is 0 Å². The van der Waals surface area contributed by atoms with Crippen molar-refractivity contribution in [2.75, 3.05) is 0 Å². The first-order valence-corrected chi connectivity index (χ1v) is 7.60. The van der Waals surface area contributed by atoms with Crippen molar-refractivity contribution in [2.45, 2.75) is 44.9 Å². The van der Waals surface area contributed by atoms with Gasteiger partial charge in [0.15, 0.2) is 0 Å². The van der Waals surface area contributed by atoms with Crippen LogP contribution in [-0.2, 0) is 17.8 Å². The van der Waals surface area contributed by atoms with Crippen LogP contribution in [-0.4, -0.2) is 17.1 Å². The van der Waals surface area contributed by atoms with Crippen LogP contribution in [0.2, 0.25) is 0 Å². The fraction of sp³-hybridized carbons (Fsp3) is 0.389. The fourth-order valence-electron chi connectivity index (χ4n) is 2.37. The number of pyridine rings is 1. The number of hydrogen-bond acceptors (Lipinski definition) is 3. The van der Waals surface area contributed by atoms with Gasteiger partial charge in [-0.25, -0.2) is 0 Å². The van der Waals surface area contributed by atoms with Crippen molar-refractivity contribution in [3.8, 4) is 0 Å². The molecule has 0 amide bonds. The molecule has 1 heterocycles. The van der Waals surface area contributed by atoms with Crippen LogP contribution in [0.3, 0.4) is 0 Å². The molecule has 1 aromatic carbocycles. The first kappa shape index (κ1) is 15.7. The Kier molecular flexibility index (Phi) is 6.38. The summed E-state index contributed by atoms with van der Waals surface area (Å²) in [6, 6.07) is 16.1. The maximum absolute atomic E-state index is 6.34. The quantitative estimate of drug-likeness (QED) is 0.809.